The van der Waals surface area contributed by atoms with E-state index in [4.69, 9.17) is 4.74 Å². The van der Waals surface area contributed by atoms with Gasteiger partial charge in [-0.25, -0.2) is 8.42 Å². The van der Waals surface area contributed by atoms with Gasteiger partial charge in [0.1, 0.15) is 6.04 Å². The SMILES string of the molecule is CC(C)[C@H](NC(=O)c1cccc(S(=O)(=O)N2CCOCC2)c1)C(=O)Nc1cccc([N+](=O)[O-])c1. The third-order valence-electron chi connectivity index (χ3n) is 5.26. The first-order chi connectivity index (χ1) is 16.1. The lowest BCUT2D eigenvalue weighted by Crippen LogP contribution is -2.47. The molecule has 0 bridgehead atoms. The number of benzene rings is 2. The molecule has 3 rings (SSSR count). The Morgan fingerprint density at radius 3 is 2.41 bits per heavy atom. The van der Waals surface area contributed by atoms with Gasteiger partial charge in [0.05, 0.1) is 23.0 Å². The van der Waals surface area contributed by atoms with Crippen LogP contribution in [0.2, 0.25) is 0 Å². The first kappa shape index (κ1) is 25.3. The maximum absolute atomic E-state index is 12.9. The van der Waals surface area contributed by atoms with Crippen LogP contribution in [0.4, 0.5) is 11.4 Å². The molecule has 0 unspecified atom stereocenters. The van der Waals surface area contributed by atoms with Gasteiger partial charge in [-0.15, -0.1) is 0 Å². The maximum atomic E-state index is 12.9. The molecule has 2 aromatic rings. The Hall–Kier alpha value is -3.35. The first-order valence-electron chi connectivity index (χ1n) is 10.6. The van der Waals surface area contributed by atoms with E-state index in [1.54, 1.807) is 13.8 Å². The molecule has 0 aliphatic carbocycles. The lowest BCUT2D eigenvalue weighted by atomic mass is 10.0. The predicted octanol–water partition coefficient (Wildman–Crippen LogP) is 2.01. The normalized spacial score (nSPS) is 15.5. The van der Waals surface area contributed by atoms with Gasteiger partial charge in [0.15, 0.2) is 0 Å². The molecule has 0 aromatic heterocycles. The average molecular weight is 491 g/mol. The topological polar surface area (TPSA) is 148 Å². The van der Waals surface area contributed by atoms with Crippen LogP contribution in [0.25, 0.3) is 0 Å². The predicted molar refractivity (Wildman–Crippen MR) is 124 cm³/mol. The minimum absolute atomic E-state index is 0.0239. The second kappa shape index (κ2) is 10.7. The molecule has 1 fully saturated rings. The summed E-state index contributed by atoms with van der Waals surface area (Å²) in [5, 5.41) is 16.2. The Morgan fingerprint density at radius 2 is 1.76 bits per heavy atom. The Labute approximate surface area is 197 Å². The van der Waals surface area contributed by atoms with Crippen LogP contribution in [0.15, 0.2) is 53.4 Å². The van der Waals surface area contributed by atoms with Gasteiger partial charge in [0.2, 0.25) is 15.9 Å². The number of nitro benzene ring substituents is 1. The fourth-order valence-electron chi connectivity index (χ4n) is 3.41. The molecule has 2 aromatic carbocycles. The van der Waals surface area contributed by atoms with Crippen LogP contribution in [0.3, 0.4) is 0 Å². The van der Waals surface area contributed by atoms with Crippen molar-refractivity contribution in [1.82, 2.24) is 9.62 Å². The summed E-state index contributed by atoms with van der Waals surface area (Å²) in [4.78, 5) is 36.1. The number of nitro groups is 1. The Balaban J connectivity index is 1.76. The Bertz CT molecular complexity index is 1180. The molecule has 12 heteroatoms. The van der Waals surface area contributed by atoms with Crippen LogP contribution in [-0.4, -0.2) is 61.8 Å². The molecule has 1 saturated heterocycles. The summed E-state index contributed by atoms with van der Waals surface area (Å²) in [6, 6.07) is 10.1. The number of rotatable bonds is 8. The van der Waals surface area contributed by atoms with Gasteiger partial charge in [-0.3, -0.25) is 19.7 Å². The monoisotopic (exact) mass is 490 g/mol. The zero-order valence-electron chi connectivity index (χ0n) is 18.8. The summed E-state index contributed by atoms with van der Waals surface area (Å²) in [5.41, 5.74) is 0.127. The minimum atomic E-state index is -3.79. The van der Waals surface area contributed by atoms with E-state index in [1.807, 2.05) is 0 Å². The number of anilines is 1. The molecular formula is C22H26N4O7S. The van der Waals surface area contributed by atoms with Crippen molar-refractivity contribution in [3.05, 3.63) is 64.2 Å². The van der Waals surface area contributed by atoms with Crippen molar-refractivity contribution in [2.75, 3.05) is 31.6 Å². The summed E-state index contributed by atoms with van der Waals surface area (Å²) in [6.07, 6.45) is 0. The standard InChI is InChI=1S/C22H26N4O7S/c1-15(2)20(22(28)23-17-6-4-7-18(14-17)26(29)30)24-21(27)16-5-3-8-19(13-16)34(31,32)25-9-11-33-12-10-25/h3-8,13-15,20H,9-12H2,1-2H3,(H,23,28)(H,24,27)/t20-/m0/s1. The molecule has 0 saturated carbocycles. The molecular weight excluding hydrogens is 464 g/mol. The summed E-state index contributed by atoms with van der Waals surface area (Å²) in [5.74, 6) is -1.49. The number of hydrogen-bond donors (Lipinski definition) is 2. The zero-order valence-corrected chi connectivity index (χ0v) is 19.6. The largest absolute Gasteiger partial charge is 0.379 e. The Morgan fingerprint density at radius 1 is 1.09 bits per heavy atom. The van der Waals surface area contributed by atoms with Crippen LogP contribution >= 0.6 is 0 Å². The zero-order chi connectivity index (χ0) is 24.9. The smallest absolute Gasteiger partial charge is 0.271 e. The highest BCUT2D eigenvalue weighted by atomic mass is 32.2. The summed E-state index contributed by atoms with van der Waals surface area (Å²) in [6.45, 7) is 4.52. The number of morpholine rings is 1. The molecule has 1 aliphatic heterocycles. The number of carbonyl (C=O) groups excluding carboxylic acids is 2. The molecule has 34 heavy (non-hydrogen) atoms. The van der Waals surface area contributed by atoms with Crippen LogP contribution in [0.1, 0.15) is 24.2 Å². The summed E-state index contributed by atoms with van der Waals surface area (Å²) in [7, 11) is -3.79. The van der Waals surface area contributed by atoms with Gasteiger partial charge in [0.25, 0.3) is 11.6 Å². The van der Waals surface area contributed by atoms with Gasteiger partial charge in [-0.05, 0) is 30.2 Å². The molecule has 1 aliphatic rings. The number of amides is 2. The van der Waals surface area contributed by atoms with Crippen LogP contribution in [-0.2, 0) is 19.6 Å². The van der Waals surface area contributed by atoms with Crippen molar-refractivity contribution >= 4 is 33.2 Å². The number of ether oxygens (including phenoxy) is 1. The molecule has 2 amide bonds. The van der Waals surface area contributed by atoms with Crippen LogP contribution < -0.4 is 10.6 Å². The van der Waals surface area contributed by atoms with Crippen molar-refractivity contribution in [3.63, 3.8) is 0 Å². The van der Waals surface area contributed by atoms with E-state index in [2.05, 4.69) is 10.6 Å². The molecule has 1 heterocycles. The first-order valence-corrected chi connectivity index (χ1v) is 12.1. The minimum Gasteiger partial charge on any atom is -0.379 e. The van der Waals surface area contributed by atoms with Crippen molar-refractivity contribution in [2.45, 2.75) is 24.8 Å². The molecule has 182 valence electrons. The summed E-state index contributed by atoms with van der Waals surface area (Å²) < 4.78 is 32.3. The van der Waals surface area contributed by atoms with Gasteiger partial charge >= 0.3 is 0 Å². The second-order valence-corrected chi connectivity index (χ2v) is 9.97. The Kier molecular flexibility index (Phi) is 7.97. The number of non-ortho nitro benzene ring substituents is 1. The van der Waals surface area contributed by atoms with Crippen molar-refractivity contribution in [2.24, 2.45) is 5.92 Å². The van der Waals surface area contributed by atoms with E-state index in [9.17, 15) is 28.1 Å². The van der Waals surface area contributed by atoms with E-state index in [0.717, 1.165) is 0 Å². The second-order valence-electron chi connectivity index (χ2n) is 8.04. The highest BCUT2D eigenvalue weighted by Gasteiger charge is 2.28. The lowest BCUT2D eigenvalue weighted by molar-refractivity contribution is -0.384. The van der Waals surface area contributed by atoms with E-state index < -0.39 is 32.8 Å². The molecule has 2 N–H and O–H groups in total. The third-order valence-corrected chi connectivity index (χ3v) is 7.16. The number of nitrogens with zero attached hydrogens (tertiary/aromatic N) is 2. The number of carbonyl (C=O) groups is 2. The summed E-state index contributed by atoms with van der Waals surface area (Å²) >= 11 is 0. The fraction of sp³-hybridized carbons (Fsp3) is 0.364. The molecule has 1 atom stereocenters. The van der Waals surface area contributed by atoms with E-state index >= 15 is 0 Å². The number of nitrogens with one attached hydrogen (secondary N) is 2. The van der Waals surface area contributed by atoms with Crippen LogP contribution in [0, 0.1) is 16.0 Å². The average Bonchev–Trinajstić information content (AvgIpc) is 2.82. The number of sulfonamides is 1. The van der Waals surface area contributed by atoms with Gasteiger partial charge in [-0.2, -0.15) is 4.31 Å². The van der Waals surface area contributed by atoms with E-state index in [-0.39, 0.29) is 40.8 Å². The van der Waals surface area contributed by atoms with E-state index in [0.29, 0.717) is 13.2 Å². The molecule has 11 nitrogen and oxygen atoms in total. The van der Waals surface area contributed by atoms with Crippen LogP contribution in [0.5, 0.6) is 0 Å². The lowest BCUT2D eigenvalue weighted by Gasteiger charge is -2.26. The quantitative estimate of drug-likeness (QED) is 0.425. The highest BCUT2D eigenvalue weighted by molar-refractivity contribution is 7.89. The van der Waals surface area contributed by atoms with Crippen molar-refractivity contribution in [1.29, 1.82) is 0 Å². The highest BCUT2D eigenvalue weighted by Crippen LogP contribution is 2.20. The van der Waals surface area contributed by atoms with Gasteiger partial charge in [-0.1, -0.05) is 26.0 Å². The molecule has 0 radical (unpaired) electrons. The van der Waals surface area contributed by atoms with Gasteiger partial charge < -0.3 is 15.4 Å². The van der Waals surface area contributed by atoms with Crippen molar-refractivity contribution in [3.8, 4) is 0 Å². The maximum Gasteiger partial charge on any atom is 0.271 e. The fourth-order valence-corrected chi connectivity index (χ4v) is 4.86. The van der Waals surface area contributed by atoms with E-state index in [1.165, 1.54) is 52.8 Å². The van der Waals surface area contributed by atoms with Gasteiger partial charge in [0, 0.05) is 36.5 Å². The molecule has 0 spiro atoms. The third kappa shape index (κ3) is 5.95. The van der Waals surface area contributed by atoms with Crippen molar-refractivity contribution < 1.29 is 27.7 Å². The number of hydrogen-bond acceptors (Lipinski definition) is 7.